The van der Waals surface area contributed by atoms with Crippen molar-refractivity contribution in [3.8, 4) is 5.75 Å². The van der Waals surface area contributed by atoms with Gasteiger partial charge in [0.1, 0.15) is 11.4 Å². The Kier molecular flexibility index (Phi) is 6.31. The minimum absolute atomic E-state index is 0.0943. The van der Waals surface area contributed by atoms with Crippen molar-refractivity contribution in [2.75, 3.05) is 6.61 Å². The Morgan fingerprint density at radius 1 is 1.21 bits per heavy atom. The number of nitrogens with one attached hydrogen (secondary N) is 1. The average molecular weight is 328 g/mol. The van der Waals surface area contributed by atoms with Crippen LogP contribution in [0.2, 0.25) is 0 Å². The number of carbonyl (C=O) groups excluding carboxylic acids is 1. The van der Waals surface area contributed by atoms with Crippen molar-refractivity contribution in [2.45, 2.75) is 26.3 Å². The number of carboxylic acids is 1. The van der Waals surface area contributed by atoms with Gasteiger partial charge in [0.05, 0.1) is 6.61 Å². The molecule has 0 saturated carbocycles. The van der Waals surface area contributed by atoms with Crippen LogP contribution in [-0.4, -0.2) is 28.6 Å². The predicted octanol–water partition coefficient (Wildman–Crippen LogP) is 2.56. The van der Waals surface area contributed by atoms with Gasteiger partial charge in [-0.15, -0.1) is 0 Å². The number of benzene rings is 1. The first-order valence-electron chi connectivity index (χ1n) is 7.69. The normalized spacial score (nSPS) is 10.2. The Labute approximate surface area is 140 Å². The Balaban J connectivity index is 1.80. The molecule has 0 spiro atoms. The summed E-state index contributed by atoms with van der Waals surface area (Å²) in [6.07, 6.45) is 2.16. The van der Waals surface area contributed by atoms with Gasteiger partial charge >= 0.3 is 5.97 Å². The summed E-state index contributed by atoms with van der Waals surface area (Å²) in [5.74, 6) is -0.356. The number of hydrogen-bond acceptors (Lipinski definition) is 4. The number of nitrogens with zero attached hydrogens (tertiary/aromatic N) is 1. The van der Waals surface area contributed by atoms with Crippen molar-refractivity contribution < 1.29 is 19.4 Å². The number of aliphatic carboxylic acids is 1. The third-order valence-electron chi connectivity index (χ3n) is 3.40. The summed E-state index contributed by atoms with van der Waals surface area (Å²) >= 11 is 0. The van der Waals surface area contributed by atoms with Gasteiger partial charge in [0.2, 0.25) is 0 Å². The molecule has 1 amide bonds. The fourth-order valence-corrected chi connectivity index (χ4v) is 2.11. The number of aryl methyl sites for hydroxylation is 1. The van der Waals surface area contributed by atoms with Crippen LogP contribution in [0.25, 0.3) is 0 Å². The van der Waals surface area contributed by atoms with Crippen molar-refractivity contribution in [1.82, 2.24) is 10.3 Å². The number of hydrogen-bond donors (Lipinski definition) is 2. The van der Waals surface area contributed by atoms with Gasteiger partial charge in [-0.2, -0.15) is 0 Å². The van der Waals surface area contributed by atoms with Crippen LogP contribution in [0.15, 0.2) is 42.6 Å². The molecule has 0 bridgehead atoms. The van der Waals surface area contributed by atoms with E-state index in [1.165, 1.54) is 0 Å². The topological polar surface area (TPSA) is 88.5 Å². The van der Waals surface area contributed by atoms with E-state index in [0.717, 1.165) is 11.1 Å². The summed E-state index contributed by atoms with van der Waals surface area (Å²) in [7, 11) is 0. The lowest BCUT2D eigenvalue weighted by molar-refractivity contribution is -0.137. The van der Waals surface area contributed by atoms with Crippen molar-refractivity contribution >= 4 is 11.9 Å². The van der Waals surface area contributed by atoms with Crippen LogP contribution in [-0.2, 0) is 11.3 Å². The van der Waals surface area contributed by atoms with E-state index in [1.807, 2.05) is 25.1 Å². The second-order valence-electron chi connectivity index (χ2n) is 5.34. The maximum absolute atomic E-state index is 12.1. The van der Waals surface area contributed by atoms with Gasteiger partial charge in [-0.3, -0.25) is 14.6 Å². The first-order valence-corrected chi connectivity index (χ1v) is 7.69. The van der Waals surface area contributed by atoms with Gasteiger partial charge in [0.15, 0.2) is 0 Å². The third kappa shape index (κ3) is 5.39. The number of carbonyl (C=O) groups is 2. The Bertz CT molecular complexity index is 698. The number of ether oxygens (including phenoxy) is 1. The molecule has 1 aromatic carbocycles. The van der Waals surface area contributed by atoms with E-state index in [0.29, 0.717) is 31.0 Å². The molecule has 2 N–H and O–H groups in total. The summed E-state index contributed by atoms with van der Waals surface area (Å²) < 4.78 is 5.46. The molecule has 0 aliphatic rings. The molecule has 0 unspecified atom stereocenters. The molecular weight excluding hydrogens is 308 g/mol. The maximum Gasteiger partial charge on any atom is 0.303 e. The monoisotopic (exact) mass is 328 g/mol. The van der Waals surface area contributed by atoms with E-state index in [2.05, 4.69) is 10.3 Å². The molecule has 6 heteroatoms. The maximum atomic E-state index is 12.1. The van der Waals surface area contributed by atoms with Crippen molar-refractivity contribution in [1.29, 1.82) is 0 Å². The van der Waals surface area contributed by atoms with Crippen LogP contribution in [0.5, 0.6) is 5.75 Å². The predicted molar refractivity (Wildman–Crippen MR) is 89.0 cm³/mol. The summed E-state index contributed by atoms with van der Waals surface area (Å²) in [5.41, 5.74) is 2.20. The first-order chi connectivity index (χ1) is 11.6. The number of aromatic nitrogens is 1. The van der Waals surface area contributed by atoms with Crippen molar-refractivity contribution in [3.05, 3.63) is 59.4 Å². The molecule has 1 aromatic heterocycles. The van der Waals surface area contributed by atoms with Crippen LogP contribution < -0.4 is 10.1 Å². The van der Waals surface area contributed by atoms with Crippen LogP contribution in [0.3, 0.4) is 0 Å². The highest BCUT2D eigenvalue weighted by atomic mass is 16.5. The molecule has 1 heterocycles. The van der Waals surface area contributed by atoms with E-state index in [4.69, 9.17) is 9.84 Å². The lowest BCUT2D eigenvalue weighted by atomic mass is 10.2. The average Bonchev–Trinajstić information content (AvgIpc) is 2.58. The highest BCUT2D eigenvalue weighted by Crippen LogP contribution is 2.13. The van der Waals surface area contributed by atoms with Gasteiger partial charge < -0.3 is 15.2 Å². The molecule has 0 atom stereocenters. The Morgan fingerprint density at radius 3 is 2.62 bits per heavy atom. The number of rotatable bonds is 8. The molecule has 0 fully saturated rings. The summed E-state index contributed by atoms with van der Waals surface area (Å²) in [6, 6.07) is 11.0. The van der Waals surface area contributed by atoms with Crippen LogP contribution in [0, 0.1) is 6.92 Å². The van der Waals surface area contributed by atoms with Gasteiger partial charge in [-0.1, -0.05) is 18.2 Å². The molecule has 0 aliphatic carbocycles. The molecule has 126 valence electrons. The van der Waals surface area contributed by atoms with E-state index in [-0.39, 0.29) is 12.3 Å². The number of amides is 1. The molecule has 0 aliphatic heterocycles. The van der Waals surface area contributed by atoms with E-state index in [1.54, 1.807) is 24.4 Å². The van der Waals surface area contributed by atoms with Gasteiger partial charge in [-0.05, 0) is 42.7 Å². The lowest BCUT2D eigenvalue weighted by Crippen LogP contribution is -2.24. The van der Waals surface area contributed by atoms with Crippen LogP contribution in [0.4, 0.5) is 0 Å². The second-order valence-corrected chi connectivity index (χ2v) is 5.34. The fourth-order valence-electron chi connectivity index (χ4n) is 2.11. The second kappa shape index (κ2) is 8.67. The molecule has 0 radical (unpaired) electrons. The minimum Gasteiger partial charge on any atom is -0.494 e. The van der Waals surface area contributed by atoms with Crippen LogP contribution in [0.1, 0.15) is 34.5 Å². The highest BCUT2D eigenvalue weighted by Gasteiger charge is 2.09. The molecule has 24 heavy (non-hydrogen) atoms. The van der Waals surface area contributed by atoms with Gasteiger partial charge in [0, 0.05) is 19.2 Å². The molecular formula is C18H20N2O4. The smallest absolute Gasteiger partial charge is 0.303 e. The zero-order chi connectivity index (χ0) is 17.4. The number of pyridine rings is 1. The van der Waals surface area contributed by atoms with E-state index < -0.39 is 5.97 Å². The van der Waals surface area contributed by atoms with Crippen molar-refractivity contribution in [2.24, 2.45) is 0 Å². The zero-order valence-electron chi connectivity index (χ0n) is 13.5. The van der Waals surface area contributed by atoms with Crippen LogP contribution >= 0.6 is 0 Å². The summed E-state index contributed by atoms with van der Waals surface area (Å²) in [5, 5.41) is 11.4. The molecule has 0 saturated heterocycles. The molecule has 2 aromatic rings. The van der Waals surface area contributed by atoms with Gasteiger partial charge in [0.25, 0.3) is 5.91 Å². The van der Waals surface area contributed by atoms with E-state index >= 15 is 0 Å². The number of carboxylic acid groups (broad SMARTS) is 1. The minimum atomic E-state index is -0.826. The Hall–Kier alpha value is -2.89. The molecule has 2 rings (SSSR count). The zero-order valence-corrected chi connectivity index (χ0v) is 13.5. The van der Waals surface area contributed by atoms with Gasteiger partial charge in [-0.25, -0.2) is 0 Å². The standard InChI is InChI=1S/C18H20N2O4/c1-13-4-2-10-19-17(13)18(23)20-12-14-6-8-15(9-7-14)24-11-3-5-16(21)22/h2,4,6-10H,3,5,11-12H2,1H3,(H,20,23)(H,21,22). The molecule has 6 nitrogen and oxygen atoms in total. The fraction of sp³-hybridized carbons (Fsp3) is 0.278. The highest BCUT2D eigenvalue weighted by molar-refractivity contribution is 5.93. The summed E-state index contributed by atoms with van der Waals surface area (Å²) in [6.45, 7) is 2.61. The quantitative estimate of drug-likeness (QED) is 0.727. The summed E-state index contributed by atoms with van der Waals surface area (Å²) in [4.78, 5) is 26.6. The van der Waals surface area contributed by atoms with Crippen molar-refractivity contribution in [3.63, 3.8) is 0 Å². The third-order valence-corrected chi connectivity index (χ3v) is 3.40. The largest absolute Gasteiger partial charge is 0.494 e. The Morgan fingerprint density at radius 2 is 1.96 bits per heavy atom. The first kappa shape index (κ1) is 17.5. The van der Waals surface area contributed by atoms with E-state index in [9.17, 15) is 9.59 Å². The lowest BCUT2D eigenvalue weighted by Gasteiger charge is -2.08. The SMILES string of the molecule is Cc1cccnc1C(=O)NCc1ccc(OCCCC(=O)O)cc1.